The molecule has 0 saturated carbocycles. The number of aryl methyl sites for hydroxylation is 1. The summed E-state index contributed by atoms with van der Waals surface area (Å²) in [6.07, 6.45) is 6.45. The monoisotopic (exact) mass is 395 g/mol. The van der Waals surface area contributed by atoms with Crippen LogP contribution in [0.5, 0.6) is 0 Å². The van der Waals surface area contributed by atoms with Gasteiger partial charge in [0.25, 0.3) is 5.91 Å². The molecule has 6 nitrogen and oxygen atoms in total. The summed E-state index contributed by atoms with van der Waals surface area (Å²) in [5.41, 5.74) is 0.586. The Balaban J connectivity index is 1.63. The van der Waals surface area contributed by atoms with E-state index >= 15 is 0 Å². The summed E-state index contributed by atoms with van der Waals surface area (Å²) < 4.78 is 16.3. The van der Waals surface area contributed by atoms with Crippen molar-refractivity contribution in [1.29, 1.82) is 0 Å². The van der Waals surface area contributed by atoms with E-state index in [4.69, 9.17) is 0 Å². The number of nitrogens with zero attached hydrogens (tertiary/aromatic N) is 5. The summed E-state index contributed by atoms with van der Waals surface area (Å²) in [6, 6.07) is 1.56. The van der Waals surface area contributed by atoms with Crippen molar-refractivity contribution in [3.63, 3.8) is 0 Å². The maximum absolute atomic E-state index is 14.0. The first-order chi connectivity index (χ1) is 11.5. The molecule has 0 radical (unpaired) electrons. The van der Waals surface area contributed by atoms with Crippen LogP contribution in [0.2, 0.25) is 0 Å². The predicted octanol–water partition coefficient (Wildman–Crippen LogP) is 2.46. The summed E-state index contributed by atoms with van der Waals surface area (Å²) in [4.78, 5) is 20.3. The van der Waals surface area contributed by atoms with Crippen LogP contribution < -0.4 is 4.90 Å². The first-order valence-electron chi connectivity index (χ1n) is 7.77. The van der Waals surface area contributed by atoms with Gasteiger partial charge < -0.3 is 9.80 Å². The quantitative estimate of drug-likeness (QED) is 0.800. The van der Waals surface area contributed by atoms with Crippen LogP contribution >= 0.6 is 15.9 Å². The van der Waals surface area contributed by atoms with Gasteiger partial charge in [-0.3, -0.25) is 9.48 Å². The van der Waals surface area contributed by atoms with E-state index in [1.165, 1.54) is 6.07 Å². The van der Waals surface area contributed by atoms with Crippen molar-refractivity contribution in [3.05, 3.63) is 40.5 Å². The fourth-order valence-electron chi connectivity index (χ4n) is 3.01. The first-order valence-corrected chi connectivity index (χ1v) is 8.57. The third-order valence-electron chi connectivity index (χ3n) is 4.37. The Hall–Kier alpha value is -1.96. The lowest BCUT2D eigenvalue weighted by Gasteiger charge is -2.37. The average molecular weight is 396 g/mol. The molecule has 0 spiro atoms. The smallest absolute Gasteiger partial charge is 0.257 e. The number of hydrogen-bond acceptors (Lipinski definition) is 4. The van der Waals surface area contributed by atoms with Gasteiger partial charge in [0.15, 0.2) is 11.6 Å². The Kier molecular flexibility index (Phi) is 4.84. The molecule has 8 heteroatoms. The van der Waals surface area contributed by atoms with Crippen LogP contribution in [-0.4, -0.2) is 51.8 Å². The van der Waals surface area contributed by atoms with Crippen molar-refractivity contribution < 1.29 is 9.18 Å². The molecule has 0 bridgehead atoms. The minimum Gasteiger partial charge on any atom is -0.354 e. The van der Waals surface area contributed by atoms with Crippen LogP contribution in [0.4, 0.5) is 10.2 Å². The van der Waals surface area contributed by atoms with E-state index in [0.29, 0.717) is 28.9 Å². The number of hydrogen-bond donors (Lipinski definition) is 0. The van der Waals surface area contributed by atoms with Gasteiger partial charge in [0.1, 0.15) is 0 Å². The van der Waals surface area contributed by atoms with Gasteiger partial charge in [-0.05, 0) is 34.8 Å². The molecule has 24 heavy (non-hydrogen) atoms. The van der Waals surface area contributed by atoms with Crippen molar-refractivity contribution in [2.75, 3.05) is 25.0 Å². The molecule has 2 aromatic heterocycles. The molecule has 1 fully saturated rings. The molecule has 0 atom stereocenters. The lowest BCUT2D eigenvalue weighted by molar-refractivity contribution is 0.0709. The minimum atomic E-state index is -0.331. The summed E-state index contributed by atoms with van der Waals surface area (Å²) in [7, 11) is 3.60. The number of anilines is 1. The maximum atomic E-state index is 14.0. The highest BCUT2D eigenvalue weighted by molar-refractivity contribution is 9.10. The van der Waals surface area contributed by atoms with Crippen LogP contribution in [-0.2, 0) is 7.05 Å². The molecule has 0 N–H and O–H groups in total. The molecule has 128 valence electrons. The van der Waals surface area contributed by atoms with Gasteiger partial charge in [0.05, 0.1) is 11.8 Å². The average Bonchev–Trinajstić information content (AvgIpc) is 3.00. The zero-order chi connectivity index (χ0) is 17.3. The Morgan fingerprint density at radius 3 is 2.67 bits per heavy atom. The Labute approximate surface area is 148 Å². The van der Waals surface area contributed by atoms with Crippen LogP contribution in [0.25, 0.3) is 0 Å². The van der Waals surface area contributed by atoms with Gasteiger partial charge in [-0.25, -0.2) is 9.37 Å². The van der Waals surface area contributed by atoms with Crippen molar-refractivity contribution in [1.82, 2.24) is 19.7 Å². The molecule has 1 saturated heterocycles. The molecule has 1 amide bonds. The summed E-state index contributed by atoms with van der Waals surface area (Å²) >= 11 is 3.22. The SMILES string of the molecule is CN(C(=O)c1cnn(C)c1)C1CCN(c2ncc(Br)cc2F)CC1. The number of amides is 1. The second-order valence-electron chi connectivity index (χ2n) is 6.00. The second-order valence-corrected chi connectivity index (χ2v) is 6.91. The van der Waals surface area contributed by atoms with Crippen molar-refractivity contribution in [2.24, 2.45) is 7.05 Å². The topological polar surface area (TPSA) is 54.3 Å². The van der Waals surface area contributed by atoms with Gasteiger partial charge >= 0.3 is 0 Å². The molecule has 0 unspecified atom stereocenters. The number of halogens is 2. The molecule has 2 aromatic rings. The van der Waals surface area contributed by atoms with Gasteiger partial charge in [0, 0.05) is 50.1 Å². The number of aromatic nitrogens is 3. The number of pyridine rings is 1. The molecule has 0 aromatic carbocycles. The van der Waals surface area contributed by atoms with Crippen molar-refractivity contribution >= 4 is 27.7 Å². The minimum absolute atomic E-state index is 0.0329. The third-order valence-corrected chi connectivity index (χ3v) is 4.81. The Morgan fingerprint density at radius 1 is 1.38 bits per heavy atom. The molecule has 0 aliphatic carbocycles. The number of carbonyl (C=O) groups excluding carboxylic acids is 1. The first kappa shape index (κ1) is 16.9. The molecular weight excluding hydrogens is 377 g/mol. The number of rotatable bonds is 3. The Bertz CT molecular complexity index is 742. The standard InChI is InChI=1S/C16H19BrFN5O/c1-21-10-11(8-20-21)16(24)22(2)13-3-5-23(6-4-13)15-14(18)7-12(17)9-19-15/h7-10,13H,3-6H2,1-2H3. The van der Waals surface area contributed by atoms with E-state index in [1.54, 1.807) is 35.2 Å². The molecule has 1 aliphatic heterocycles. The van der Waals surface area contributed by atoms with Crippen LogP contribution in [0.15, 0.2) is 29.1 Å². The fraction of sp³-hybridized carbons (Fsp3) is 0.438. The Morgan fingerprint density at radius 2 is 2.08 bits per heavy atom. The molecular formula is C16H19BrFN5O. The summed E-state index contributed by atoms with van der Waals surface area (Å²) in [6.45, 7) is 1.34. The molecule has 3 heterocycles. The van der Waals surface area contributed by atoms with E-state index in [0.717, 1.165) is 12.8 Å². The normalized spacial score (nSPS) is 15.6. The number of piperidine rings is 1. The van der Waals surface area contributed by atoms with Gasteiger partial charge in [-0.15, -0.1) is 0 Å². The van der Waals surface area contributed by atoms with E-state index in [2.05, 4.69) is 26.0 Å². The largest absolute Gasteiger partial charge is 0.354 e. The van der Waals surface area contributed by atoms with Gasteiger partial charge in [-0.1, -0.05) is 0 Å². The molecule has 3 rings (SSSR count). The third kappa shape index (κ3) is 3.43. The van der Waals surface area contributed by atoms with Crippen LogP contribution in [0.1, 0.15) is 23.2 Å². The van der Waals surface area contributed by atoms with E-state index in [-0.39, 0.29) is 17.8 Å². The second kappa shape index (κ2) is 6.88. The van der Waals surface area contributed by atoms with E-state index < -0.39 is 0 Å². The van der Waals surface area contributed by atoms with Gasteiger partial charge in [-0.2, -0.15) is 5.10 Å². The summed E-state index contributed by atoms with van der Waals surface area (Å²) in [5, 5.41) is 4.04. The van der Waals surface area contributed by atoms with Crippen molar-refractivity contribution in [2.45, 2.75) is 18.9 Å². The van der Waals surface area contributed by atoms with E-state index in [9.17, 15) is 9.18 Å². The molecule has 1 aliphatic rings. The zero-order valence-corrected chi connectivity index (χ0v) is 15.2. The highest BCUT2D eigenvalue weighted by Gasteiger charge is 2.28. The lowest BCUT2D eigenvalue weighted by atomic mass is 10.0. The number of carbonyl (C=O) groups is 1. The highest BCUT2D eigenvalue weighted by Crippen LogP contribution is 2.25. The van der Waals surface area contributed by atoms with E-state index in [1.807, 2.05) is 11.9 Å². The summed E-state index contributed by atoms with van der Waals surface area (Å²) in [5.74, 6) is 0.00926. The predicted molar refractivity (Wildman–Crippen MR) is 92.4 cm³/mol. The zero-order valence-electron chi connectivity index (χ0n) is 13.6. The maximum Gasteiger partial charge on any atom is 0.257 e. The highest BCUT2D eigenvalue weighted by atomic mass is 79.9. The van der Waals surface area contributed by atoms with Crippen molar-refractivity contribution in [3.8, 4) is 0 Å². The van der Waals surface area contributed by atoms with Gasteiger partial charge in [0.2, 0.25) is 0 Å². The lowest BCUT2D eigenvalue weighted by Crippen LogP contribution is -2.46. The fourth-order valence-corrected chi connectivity index (χ4v) is 3.31. The van der Waals surface area contributed by atoms with Crippen LogP contribution in [0.3, 0.4) is 0 Å². The van der Waals surface area contributed by atoms with Crippen LogP contribution in [0, 0.1) is 5.82 Å².